The van der Waals surface area contributed by atoms with Gasteiger partial charge >= 0.3 is 0 Å². The molecule has 0 amide bonds. The second-order valence-electron chi connectivity index (χ2n) is 5.72. The maximum absolute atomic E-state index is 12.4. The first-order valence-electron chi connectivity index (χ1n) is 7.34. The van der Waals surface area contributed by atoms with Crippen LogP contribution in [0.4, 0.5) is 0 Å². The van der Waals surface area contributed by atoms with Crippen molar-refractivity contribution in [3.63, 3.8) is 0 Å². The smallest absolute Gasteiger partial charge is 0.179 e. The van der Waals surface area contributed by atoms with Crippen LogP contribution >= 0.6 is 0 Å². The first kappa shape index (κ1) is 16.4. The van der Waals surface area contributed by atoms with E-state index in [0.717, 1.165) is 18.5 Å². The second-order valence-corrected chi connectivity index (χ2v) is 7.83. The van der Waals surface area contributed by atoms with Gasteiger partial charge in [-0.05, 0) is 36.6 Å². The lowest BCUT2D eigenvalue weighted by atomic mass is 10.0. The van der Waals surface area contributed by atoms with Gasteiger partial charge in [0.15, 0.2) is 9.84 Å². The monoisotopic (exact) mass is 312 g/mol. The van der Waals surface area contributed by atoms with E-state index in [-0.39, 0.29) is 18.4 Å². The molecular formula is C15H24N2O3S. The van der Waals surface area contributed by atoms with Gasteiger partial charge in [-0.15, -0.1) is 0 Å². The van der Waals surface area contributed by atoms with E-state index < -0.39 is 9.84 Å². The van der Waals surface area contributed by atoms with E-state index in [4.69, 9.17) is 5.73 Å². The molecule has 1 aliphatic heterocycles. The summed E-state index contributed by atoms with van der Waals surface area (Å²) in [6.07, 6.45) is 1.01. The van der Waals surface area contributed by atoms with E-state index in [0.29, 0.717) is 23.9 Å². The molecule has 2 rings (SSSR count). The molecule has 21 heavy (non-hydrogen) atoms. The van der Waals surface area contributed by atoms with Crippen molar-refractivity contribution >= 4 is 9.84 Å². The van der Waals surface area contributed by atoms with Gasteiger partial charge in [0.25, 0.3) is 0 Å². The van der Waals surface area contributed by atoms with Gasteiger partial charge in [0.2, 0.25) is 0 Å². The molecule has 1 aromatic carbocycles. The van der Waals surface area contributed by atoms with Crippen molar-refractivity contribution in [2.75, 3.05) is 25.4 Å². The summed E-state index contributed by atoms with van der Waals surface area (Å²) in [6.45, 7) is 3.83. The van der Waals surface area contributed by atoms with Gasteiger partial charge in [-0.25, -0.2) is 8.42 Å². The highest BCUT2D eigenvalue weighted by atomic mass is 32.2. The van der Waals surface area contributed by atoms with Crippen LogP contribution < -0.4 is 5.73 Å². The summed E-state index contributed by atoms with van der Waals surface area (Å²) in [5.74, 6) is 0.489. The number of rotatable bonds is 6. The minimum Gasteiger partial charge on any atom is -0.395 e. The van der Waals surface area contributed by atoms with Crippen LogP contribution in [0.2, 0.25) is 0 Å². The summed E-state index contributed by atoms with van der Waals surface area (Å²) in [6, 6.07) is 6.89. The van der Waals surface area contributed by atoms with Crippen molar-refractivity contribution in [2.24, 2.45) is 11.7 Å². The third-order valence-electron chi connectivity index (χ3n) is 4.33. The Labute approximate surface area is 126 Å². The molecule has 0 bridgehead atoms. The van der Waals surface area contributed by atoms with Crippen LogP contribution in [0, 0.1) is 5.92 Å². The number of nitrogens with two attached hydrogens (primary N) is 1. The Hall–Kier alpha value is -0.950. The van der Waals surface area contributed by atoms with Crippen LogP contribution in [0.3, 0.4) is 0 Å². The van der Waals surface area contributed by atoms with Crippen molar-refractivity contribution in [1.82, 2.24) is 4.90 Å². The summed E-state index contributed by atoms with van der Waals surface area (Å²) in [7, 11) is -3.31. The number of sulfone groups is 1. The van der Waals surface area contributed by atoms with Crippen LogP contribution in [0.15, 0.2) is 29.2 Å². The second kappa shape index (κ2) is 6.87. The SMILES string of the molecule is CC1CCN(CCS(=O)(=O)c2cccc(CN)c2)C1CO. The van der Waals surface area contributed by atoms with Gasteiger partial charge in [0, 0.05) is 19.1 Å². The maximum Gasteiger partial charge on any atom is 0.179 e. The number of hydrogen-bond donors (Lipinski definition) is 2. The predicted molar refractivity (Wildman–Crippen MR) is 82.6 cm³/mol. The number of aliphatic hydroxyl groups excluding tert-OH is 1. The number of hydrogen-bond acceptors (Lipinski definition) is 5. The zero-order valence-electron chi connectivity index (χ0n) is 12.4. The average molecular weight is 312 g/mol. The summed E-state index contributed by atoms with van der Waals surface area (Å²) in [5.41, 5.74) is 6.37. The van der Waals surface area contributed by atoms with Crippen molar-refractivity contribution < 1.29 is 13.5 Å². The van der Waals surface area contributed by atoms with Crippen LogP contribution in [-0.4, -0.2) is 49.9 Å². The van der Waals surface area contributed by atoms with E-state index in [9.17, 15) is 13.5 Å². The molecule has 0 aromatic heterocycles. The van der Waals surface area contributed by atoms with Crippen molar-refractivity contribution in [3.8, 4) is 0 Å². The van der Waals surface area contributed by atoms with Gasteiger partial charge < -0.3 is 10.8 Å². The van der Waals surface area contributed by atoms with E-state index >= 15 is 0 Å². The fraction of sp³-hybridized carbons (Fsp3) is 0.600. The van der Waals surface area contributed by atoms with Crippen LogP contribution in [0.5, 0.6) is 0 Å². The lowest BCUT2D eigenvalue weighted by Gasteiger charge is -2.24. The Morgan fingerprint density at radius 2 is 2.19 bits per heavy atom. The highest BCUT2D eigenvalue weighted by Gasteiger charge is 2.31. The molecular weight excluding hydrogens is 288 g/mol. The Bertz CT molecular complexity index is 574. The average Bonchev–Trinajstić information content (AvgIpc) is 2.85. The standard InChI is InChI=1S/C15H24N2O3S/c1-12-5-6-17(15(12)11-18)7-8-21(19,20)14-4-2-3-13(9-14)10-16/h2-4,9,12,15,18H,5-8,10-11,16H2,1H3. The third-order valence-corrected chi connectivity index (χ3v) is 6.02. The maximum atomic E-state index is 12.4. The molecule has 118 valence electrons. The fourth-order valence-electron chi connectivity index (χ4n) is 2.88. The van der Waals surface area contributed by atoms with E-state index in [1.807, 2.05) is 6.07 Å². The van der Waals surface area contributed by atoms with Crippen molar-refractivity contribution in [2.45, 2.75) is 30.8 Å². The van der Waals surface area contributed by atoms with Gasteiger partial charge in [0.05, 0.1) is 17.3 Å². The molecule has 6 heteroatoms. The Kier molecular flexibility index (Phi) is 5.37. The molecule has 1 fully saturated rings. The van der Waals surface area contributed by atoms with Gasteiger partial charge in [0.1, 0.15) is 0 Å². The third kappa shape index (κ3) is 3.83. The van der Waals surface area contributed by atoms with Crippen molar-refractivity contribution in [1.29, 1.82) is 0 Å². The molecule has 1 aliphatic rings. The molecule has 0 spiro atoms. The van der Waals surface area contributed by atoms with Crippen LogP contribution in [-0.2, 0) is 16.4 Å². The molecule has 3 N–H and O–H groups in total. The molecule has 2 unspecified atom stereocenters. The minimum absolute atomic E-state index is 0.0737. The normalized spacial score (nSPS) is 23.6. The number of likely N-dealkylation sites (tertiary alicyclic amines) is 1. The number of nitrogens with zero attached hydrogens (tertiary/aromatic N) is 1. The first-order chi connectivity index (χ1) is 9.97. The minimum atomic E-state index is -3.31. The number of benzene rings is 1. The predicted octanol–water partition coefficient (Wildman–Crippen LogP) is 0.622. The zero-order chi connectivity index (χ0) is 15.5. The summed E-state index contributed by atoms with van der Waals surface area (Å²) in [4.78, 5) is 2.41. The summed E-state index contributed by atoms with van der Waals surface area (Å²) >= 11 is 0. The summed E-state index contributed by atoms with van der Waals surface area (Å²) < 4.78 is 24.8. The molecule has 1 saturated heterocycles. The Morgan fingerprint density at radius 3 is 2.86 bits per heavy atom. The van der Waals surface area contributed by atoms with Crippen molar-refractivity contribution in [3.05, 3.63) is 29.8 Å². The van der Waals surface area contributed by atoms with Crippen LogP contribution in [0.25, 0.3) is 0 Å². The Morgan fingerprint density at radius 1 is 1.43 bits per heavy atom. The molecule has 2 atom stereocenters. The van der Waals surface area contributed by atoms with Gasteiger partial charge in [-0.1, -0.05) is 19.1 Å². The molecule has 1 heterocycles. The van der Waals surface area contributed by atoms with E-state index in [2.05, 4.69) is 11.8 Å². The van der Waals surface area contributed by atoms with E-state index in [1.54, 1.807) is 18.2 Å². The van der Waals surface area contributed by atoms with E-state index in [1.165, 1.54) is 0 Å². The highest BCUT2D eigenvalue weighted by Crippen LogP contribution is 2.23. The first-order valence-corrected chi connectivity index (χ1v) is 9.00. The molecule has 0 aliphatic carbocycles. The lowest BCUT2D eigenvalue weighted by molar-refractivity contribution is 0.144. The van der Waals surface area contributed by atoms with Gasteiger partial charge in [-0.3, -0.25) is 4.90 Å². The molecule has 0 radical (unpaired) electrons. The zero-order valence-corrected chi connectivity index (χ0v) is 13.2. The Balaban J connectivity index is 2.04. The molecule has 1 aromatic rings. The number of aliphatic hydroxyl groups is 1. The van der Waals surface area contributed by atoms with Crippen LogP contribution in [0.1, 0.15) is 18.9 Å². The molecule has 5 nitrogen and oxygen atoms in total. The highest BCUT2D eigenvalue weighted by molar-refractivity contribution is 7.91. The van der Waals surface area contributed by atoms with Gasteiger partial charge in [-0.2, -0.15) is 0 Å². The fourth-order valence-corrected chi connectivity index (χ4v) is 4.21. The molecule has 0 saturated carbocycles. The quantitative estimate of drug-likeness (QED) is 0.804. The largest absolute Gasteiger partial charge is 0.395 e. The lowest BCUT2D eigenvalue weighted by Crippen LogP contribution is -2.38. The topological polar surface area (TPSA) is 83.6 Å². The summed E-state index contributed by atoms with van der Waals surface area (Å²) in [5, 5.41) is 9.42.